The lowest BCUT2D eigenvalue weighted by Gasteiger charge is -2.38. The number of carbonyl (C=O) groups is 2. The van der Waals surface area contributed by atoms with E-state index < -0.39 is 11.7 Å². The van der Waals surface area contributed by atoms with E-state index in [0.29, 0.717) is 19.0 Å². The summed E-state index contributed by atoms with van der Waals surface area (Å²) in [7, 11) is 2.14. The van der Waals surface area contributed by atoms with E-state index in [1.165, 1.54) is 9.26 Å². The molecule has 0 bridgehead atoms. The van der Waals surface area contributed by atoms with Crippen molar-refractivity contribution in [2.45, 2.75) is 58.1 Å². The Labute approximate surface area is 205 Å². The van der Waals surface area contributed by atoms with Gasteiger partial charge in [-0.2, -0.15) is 0 Å². The van der Waals surface area contributed by atoms with Crippen LogP contribution in [-0.4, -0.2) is 61.1 Å². The summed E-state index contributed by atoms with van der Waals surface area (Å²) in [4.78, 5) is 28.4. The van der Waals surface area contributed by atoms with Gasteiger partial charge in [0.1, 0.15) is 11.5 Å². The topological polar surface area (TPSA) is 61.9 Å². The van der Waals surface area contributed by atoms with E-state index in [-0.39, 0.29) is 17.8 Å². The number of anilines is 1. The number of benzene rings is 1. The number of halogens is 2. The van der Waals surface area contributed by atoms with Crippen LogP contribution in [0.25, 0.3) is 0 Å². The summed E-state index contributed by atoms with van der Waals surface area (Å²) >= 11 is 8.18. The van der Waals surface area contributed by atoms with Gasteiger partial charge in [-0.3, -0.25) is 4.79 Å². The molecule has 174 valence electrons. The summed E-state index contributed by atoms with van der Waals surface area (Å²) < 4.78 is 6.50. The second-order valence-corrected chi connectivity index (χ2v) is 10.7. The minimum absolute atomic E-state index is 0.0398. The fourth-order valence-corrected chi connectivity index (χ4v) is 4.52. The zero-order chi connectivity index (χ0) is 23.0. The molecule has 31 heavy (non-hydrogen) atoms. The van der Waals surface area contributed by atoms with Crippen LogP contribution in [0.15, 0.2) is 24.3 Å². The van der Waals surface area contributed by atoms with Crippen LogP contribution in [0.3, 0.4) is 0 Å². The number of rotatable bonds is 8. The van der Waals surface area contributed by atoms with Crippen molar-refractivity contribution in [3.8, 4) is 0 Å². The maximum absolute atomic E-state index is 12.4. The molecular weight excluding hydrogens is 529 g/mol. The highest BCUT2D eigenvalue weighted by Crippen LogP contribution is 2.29. The number of alkyl carbamates (subject to hydrolysis) is 1. The van der Waals surface area contributed by atoms with Crippen LogP contribution in [0, 0.1) is 9.49 Å². The van der Waals surface area contributed by atoms with Crippen molar-refractivity contribution in [1.29, 1.82) is 0 Å². The van der Waals surface area contributed by atoms with E-state index in [1.807, 2.05) is 25.7 Å². The molecule has 0 spiro atoms. The Morgan fingerprint density at radius 3 is 2.32 bits per heavy atom. The molecule has 0 heterocycles. The van der Waals surface area contributed by atoms with Gasteiger partial charge in [0.25, 0.3) is 0 Å². The molecule has 0 aliphatic heterocycles. The highest BCUT2D eigenvalue weighted by atomic mass is 127. The molecule has 1 aromatic carbocycles. The van der Waals surface area contributed by atoms with Crippen molar-refractivity contribution < 1.29 is 14.3 Å². The van der Waals surface area contributed by atoms with Gasteiger partial charge in [-0.05, 0) is 99.2 Å². The van der Waals surface area contributed by atoms with E-state index >= 15 is 0 Å². The molecule has 6 nitrogen and oxygen atoms in total. The maximum Gasteiger partial charge on any atom is 0.407 e. The summed E-state index contributed by atoms with van der Waals surface area (Å²) in [5.41, 5.74) is 0.689. The van der Waals surface area contributed by atoms with Crippen molar-refractivity contribution in [3.63, 3.8) is 0 Å². The van der Waals surface area contributed by atoms with Gasteiger partial charge in [0, 0.05) is 42.0 Å². The number of hydrogen-bond donors (Lipinski definition) is 1. The number of ether oxygens (including phenoxy) is 1. The van der Waals surface area contributed by atoms with Crippen LogP contribution in [0.2, 0.25) is 0 Å². The van der Waals surface area contributed by atoms with Crippen molar-refractivity contribution in [1.82, 2.24) is 10.2 Å². The van der Waals surface area contributed by atoms with Crippen LogP contribution < -0.4 is 10.2 Å². The quantitative estimate of drug-likeness (QED) is 0.362. The van der Waals surface area contributed by atoms with Crippen LogP contribution in [-0.2, 0) is 9.53 Å². The lowest BCUT2D eigenvalue weighted by atomic mass is 9.85. The molecular formula is C23H35ClIN3O3. The number of carbonyl (C=O) groups excluding carboxylic acids is 2. The maximum atomic E-state index is 12.4. The van der Waals surface area contributed by atoms with Crippen molar-refractivity contribution in [3.05, 3.63) is 27.8 Å². The third-order valence-corrected chi connectivity index (χ3v) is 6.46. The molecule has 1 aliphatic rings. The first-order chi connectivity index (χ1) is 14.6. The number of nitrogens with one attached hydrogen (secondary N) is 1. The molecule has 1 N–H and O–H groups in total. The molecule has 1 aromatic rings. The van der Waals surface area contributed by atoms with E-state index in [4.69, 9.17) is 16.3 Å². The SMILES string of the molecule is CN(CC1CCC(N(CCNC(=O)OC(C)(C)C)C(=O)CCl)CC1)c1ccc(I)cc1. The Kier molecular flexibility index (Phi) is 10.2. The minimum atomic E-state index is -0.542. The average Bonchev–Trinajstić information content (AvgIpc) is 2.70. The molecule has 0 unspecified atom stereocenters. The van der Waals surface area contributed by atoms with E-state index in [0.717, 1.165) is 32.2 Å². The van der Waals surface area contributed by atoms with Crippen molar-refractivity contribution in [2.75, 3.05) is 37.5 Å². The lowest BCUT2D eigenvalue weighted by Crippen LogP contribution is -2.47. The van der Waals surface area contributed by atoms with Crippen molar-refractivity contribution in [2.24, 2.45) is 5.92 Å². The molecule has 1 aliphatic carbocycles. The largest absolute Gasteiger partial charge is 0.444 e. The Bertz CT molecular complexity index is 716. The summed E-state index contributed by atoms with van der Waals surface area (Å²) in [5.74, 6) is 0.488. The Hall–Kier alpha value is -1.22. The normalized spacial score (nSPS) is 18.9. The first-order valence-corrected chi connectivity index (χ1v) is 12.5. The van der Waals surface area contributed by atoms with Gasteiger partial charge in [-0.15, -0.1) is 11.6 Å². The first kappa shape index (κ1) is 26.0. The Morgan fingerprint density at radius 2 is 1.77 bits per heavy atom. The molecule has 1 saturated carbocycles. The fraction of sp³-hybridized carbons (Fsp3) is 0.652. The predicted molar refractivity (Wildman–Crippen MR) is 135 cm³/mol. The van der Waals surface area contributed by atoms with Crippen LogP contribution in [0.5, 0.6) is 0 Å². The molecule has 1 fully saturated rings. The van der Waals surface area contributed by atoms with Gasteiger partial charge in [-0.25, -0.2) is 4.79 Å². The summed E-state index contributed by atoms with van der Waals surface area (Å²) in [6.07, 6.45) is 3.60. The molecule has 0 radical (unpaired) electrons. The third kappa shape index (κ3) is 9.04. The number of alkyl halides is 1. The zero-order valence-corrected chi connectivity index (χ0v) is 21.9. The molecule has 0 atom stereocenters. The number of amides is 2. The summed E-state index contributed by atoms with van der Waals surface area (Å²) in [6, 6.07) is 8.75. The first-order valence-electron chi connectivity index (χ1n) is 10.9. The molecule has 0 saturated heterocycles. The van der Waals surface area contributed by atoms with Gasteiger partial charge in [0.2, 0.25) is 5.91 Å². The Balaban J connectivity index is 1.82. The van der Waals surface area contributed by atoms with Gasteiger partial charge in [0.05, 0.1) is 0 Å². The highest BCUT2D eigenvalue weighted by molar-refractivity contribution is 14.1. The Morgan fingerprint density at radius 1 is 1.16 bits per heavy atom. The van der Waals surface area contributed by atoms with Crippen LogP contribution in [0.4, 0.5) is 10.5 Å². The van der Waals surface area contributed by atoms with Gasteiger partial charge < -0.3 is 19.9 Å². The molecule has 2 amide bonds. The van der Waals surface area contributed by atoms with E-state index in [1.54, 1.807) is 0 Å². The van der Waals surface area contributed by atoms with Gasteiger partial charge >= 0.3 is 6.09 Å². The fourth-order valence-electron chi connectivity index (χ4n) is 4.01. The molecule has 2 rings (SSSR count). The zero-order valence-electron chi connectivity index (χ0n) is 19.0. The lowest BCUT2D eigenvalue weighted by molar-refractivity contribution is -0.131. The average molecular weight is 564 g/mol. The smallest absolute Gasteiger partial charge is 0.407 e. The standard InChI is InChI=1S/C23H35ClIN3O3/c1-23(2,3)31-22(30)26-13-14-28(21(29)15-24)20-9-5-17(6-10-20)16-27(4)19-11-7-18(25)8-12-19/h7-8,11-12,17,20H,5-6,9-10,13-16H2,1-4H3,(H,26,30). The van der Waals surface area contributed by atoms with Crippen LogP contribution >= 0.6 is 34.2 Å². The summed E-state index contributed by atoms with van der Waals surface area (Å²) in [5, 5.41) is 2.74. The van der Waals surface area contributed by atoms with Crippen molar-refractivity contribution >= 4 is 51.9 Å². The number of hydrogen-bond acceptors (Lipinski definition) is 4. The van der Waals surface area contributed by atoms with Gasteiger partial charge in [0.15, 0.2) is 0 Å². The van der Waals surface area contributed by atoms with Gasteiger partial charge in [-0.1, -0.05) is 0 Å². The highest BCUT2D eigenvalue weighted by Gasteiger charge is 2.29. The number of nitrogens with zero attached hydrogens (tertiary/aromatic N) is 2. The van der Waals surface area contributed by atoms with E-state index in [9.17, 15) is 9.59 Å². The summed E-state index contributed by atoms with van der Waals surface area (Å²) in [6.45, 7) is 7.28. The molecule has 8 heteroatoms. The van der Waals surface area contributed by atoms with Crippen LogP contribution in [0.1, 0.15) is 46.5 Å². The predicted octanol–water partition coefficient (Wildman–Crippen LogP) is 4.88. The third-order valence-electron chi connectivity index (χ3n) is 5.51. The van der Waals surface area contributed by atoms with E-state index in [2.05, 4.69) is 64.1 Å². The molecule has 0 aromatic heterocycles. The second kappa shape index (κ2) is 12.1. The minimum Gasteiger partial charge on any atom is -0.444 e. The second-order valence-electron chi connectivity index (χ2n) is 9.18. The monoisotopic (exact) mass is 563 g/mol.